The SMILES string of the molecule is CCOC(=O)C1CCCNC1.CCOC(=O)C1CCCNC1. The second kappa shape index (κ2) is 11.4. The van der Waals surface area contributed by atoms with Crippen molar-refractivity contribution in [1.29, 1.82) is 0 Å². The minimum atomic E-state index is -0.0419. The molecule has 2 aliphatic rings. The maximum Gasteiger partial charge on any atom is 0.310 e. The molecule has 0 aliphatic carbocycles. The summed E-state index contributed by atoms with van der Waals surface area (Å²) in [5, 5.41) is 6.35. The van der Waals surface area contributed by atoms with Gasteiger partial charge in [0, 0.05) is 13.1 Å². The quantitative estimate of drug-likeness (QED) is 0.757. The van der Waals surface area contributed by atoms with Gasteiger partial charge in [-0.15, -0.1) is 0 Å². The molecule has 0 aromatic carbocycles. The predicted octanol–water partition coefficient (Wildman–Crippen LogP) is 1.10. The van der Waals surface area contributed by atoms with Gasteiger partial charge in [0.1, 0.15) is 0 Å². The van der Waals surface area contributed by atoms with E-state index in [0.29, 0.717) is 13.2 Å². The first-order valence-corrected chi connectivity index (χ1v) is 8.43. The zero-order valence-electron chi connectivity index (χ0n) is 13.9. The lowest BCUT2D eigenvalue weighted by Gasteiger charge is -2.20. The molecule has 0 aromatic rings. The van der Waals surface area contributed by atoms with Crippen molar-refractivity contribution in [3.8, 4) is 0 Å². The Morgan fingerprint density at radius 3 is 1.55 bits per heavy atom. The fourth-order valence-corrected chi connectivity index (χ4v) is 2.63. The number of rotatable bonds is 4. The smallest absolute Gasteiger partial charge is 0.310 e. The highest BCUT2D eigenvalue weighted by molar-refractivity contribution is 5.73. The Kier molecular flexibility index (Phi) is 9.82. The van der Waals surface area contributed by atoms with Gasteiger partial charge in [-0.3, -0.25) is 9.59 Å². The Balaban J connectivity index is 0.000000220. The van der Waals surface area contributed by atoms with Crippen LogP contribution in [0.4, 0.5) is 0 Å². The zero-order valence-corrected chi connectivity index (χ0v) is 13.9. The van der Waals surface area contributed by atoms with Crippen molar-refractivity contribution < 1.29 is 19.1 Å². The van der Waals surface area contributed by atoms with E-state index in [2.05, 4.69) is 10.6 Å². The molecule has 2 atom stereocenters. The number of hydrogen-bond donors (Lipinski definition) is 2. The van der Waals surface area contributed by atoms with E-state index in [4.69, 9.17) is 9.47 Å². The van der Waals surface area contributed by atoms with Crippen molar-refractivity contribution in [3.63, 3.8) is 0 Å². The van der Waals surface area contributed by atoms with E-state index in [1.165, 1.54) is 0 Å². The third-order valence-corrected chi connectivity index (χ3v) is 3.83. The summed E-state index contributed by atoms with van der Waals surface area (Å²) < 4.78 is 9.80. The van der Waals surface area contributed by atoms with Crippen molar-refractivity contribution in [3.05, 3.63) is 0 Å². The number of carbonyl (C=O) groups excluding carboxylic acids is 2. The molecule has 2 fully saturated rings. The van der Waals surface area contributed by atoms with Gasteiger partial charge in [0.05, 0.1) is 25.0 Å². The lowest BCUT2D eigenvalue weighted by Crippen LogP contribution is -2.35. The lowest BCUT2D eigenvalue weighted by atomic mass is 10.0. The van der Waals surface area contributed by atoms with E-state index in [1.54, 1.807) is 0 Å². The molecule has 128 valence electrons. The second-order valence-electron chi connectivity index (χ2n) is 5.59. The molecule has 2 N–H and O–H groups in total. The molecular weight excluding hydrogens is 284 g/mol. The first-order chi connectivity index (χ1) is 10.7. The van der Waals surface area contributed by atoms with Gasteiger partial charge in [-0.25, -0.2) is 0 Å². The van der Waals surface area contributed by atoms with Crippen LogP contribution in [0, 0.1) is 11.8 Å². The number of esters is 2. The van der Waals surface area contributed by atoms with E-state index in [1.807, 2.05) is 13.8 Å². The Hall–Kier alpha value is -1.14. The number of hydrogen-bond acceptors (Lipinski definition) is 6. The van der Waals surface area contributed by atoms with Crippen LogP contribution >= 0.6 is 0 Å². The van der Waals surface area contributed by atoms with Gasteiger partial charge in [0.25, 0.3) is 0 Å². The summed E-state index contributed by atoms with van der Waals surface area (Å²) in [5.41, 5.74) is 0. The summed E-state index contributed by atoms with van der Waals surface area (Å²) in [4.78, 5) is 22.3. The van der Waals surface area contributed by atoms with Gasteiger partial charge in [0.15, 0.2) is 0 Å². The maximum absolute atomic E-state index is 11.1. The summed E-state index contributed by atoms with van der Waals surface area (Å²) in [6, 6.07) is 0. The van der Waals surface area contributed by atoms with Crippen LogP contribution in [0.3, 0.4) is 0 Å². The Morgan fingerprint density at radius 2 is 1.27 bits per heavy atom. The molecular formula is C16H30N2O4. The number of nitrogens with one attached hydrogen (secondary N) is 2. The molecule has 0 spiro atoms. The van der Waals surface area contributed by atoms with Gasteiger partial charge in [-0.1, -0.05) is 0 Å². The first kappa shape index (κ1) is 18.9. The third-order valence-electron chi connectivity index (χ3n) is 3.83. The van der Waals surface area contributed by atoms with Crippen molar-refractivity contribution in [1.82, 2.24) is 10.6 Å². The summed E-state index contributed by atoms with van der Waals surface area (Å²) in [6.07, 6.45) is 4.13. The van der Waals surface area contributed by atoms with Crippen LogP contribution < -0.4 is 10.6 Å². The van der Waals surface area contributed by atoms with Crippen molar-refractivity contribution in [2.45, 2.75) is 39.5 Å². The molecule has 2 rings (SSSR count). The van der Waals surface area contributed by atoms with Crippen LogP contribution in [0.15, 0.2) is 0 Å². The molecule has 0 radical (unpaired) electrons. The minimum Gasteiger partial charge on any atom is -0.466 e. The van der Waals surface area contributed by atoms with Crippen LogP contribution in [-0.4, -0.2) is 51.3 Å². The highest BCUT2D eigenvalue weighted by Gasteiger charge is 2.22. The Bertz CT molecular complexity index is 292. The lowest BCUT2D eigenvalue weighted by molar-refractivity contribution is -0.149. The fourth-order valence-electron chi connectivity index (χ4n) is 2.63. The van der Waals surface area contributed by atoms with Crippen LogP contribution in [0.1, 0.15) is 39.5 Å². The topological polar surface area (TPSA) is 76.7 Å². The van der Waals surface area contributed by atoms with Gasteiger partial charge < -0.3 is 20.1 Å². The van der Waals surface area contributed by atoms with Crippen molar-refractivity contribution in [2.75, 3.05) is 39.4 Å². The largest absolute Gasteiger partial charge is 0.466 e. The average Bonchev–Trinajstić information content (AvgIpc) is 2.57. The maximum atomic E-state index is 11.1. The Morgan fingerprint density at radius 1 is 0.864 bits per heavy atom. The highest BCUT2D eigenvalue weighted by Crippen LogP contribution is 2.11. The van der Waals surface area contributed by atoms with Crippen LogP contribution in [0.2, 0.25) is 0 Å². The van der Waals surface area contributed by atoms with Crippen molar-refractivity contribution >= 4 is 11.9 Å². The van der Waals surface area contributed by atoms with E-state index in [-0.39, 0.29) is 23.8 Å². The number of carbonyl (C=O) groups is 2. The highest BCUT2D eigenvalue weighted by atomic mass is 16.5. The molecule has 2 unspecified atom stereocenters. The minimum absolute atomic E-state index is 0.0419. The zero-order chi connectivity index (χ0) is 16.2. The molecule has 0 saturated carbocycles. The van der Waals surface area contributed by atoms with Crippen molar-refractivity contribution in [2.24, 2.45) is 11.8 Å². The third kappa shape index (κ3) is 7.22. The van der Waals surface area contributed by atoms with Gasteiger partial charge in [-0.05, 0) is 52.6 Å². The standard InChI is InChI=1S/2C8H15NO2/c2*1-2-11-8(10)7-4-3-5-9-6-7/h2*7,9H,2-6H2,1H3. The van der Waals surface area contributed by atoms with E-state index < -0.39 is 0 Å². The molecule has 22 heavy (non-hydrogen) atoms. The van der Waals surface area contributed by atoms with Crippen LogP contribution in [0.25, 0.3) is 0 Å². The van der Waals surface area contributed by atoms with Crippen LogP contribution in [-0.2, 0) is 19.1 Å². The molecule has 0 amide bonds. The molecule has 2 heterocycles. The monoisotopic (exact) mass is 314 g/mol. The first-order valence-electron chi connectivity index (χ1n) is 8.43. The Labute approximate surface area is 133 Å². The van der Waals surface area contributed by atoms with E-state index in [9.17, 15) is 9.59 Å². The molecule has 2 aliphatic heterocycles. The van der Waals surface area contributed by atoms with Gasteiger partial charge >= 0.3 is 11.9 Å². The van der Waals surface area contributed by atoms with Crippen LogP contribution in [0.5, 0.6) is 0 Å². The predicted molar refractivity (Wildman–Crippen MR) is 84.5 cm³/mol. The summed E-state index contributed by atoms with van der Waals surface area (Å²) in [6.45, 7) is 8.33. The molecule has 0 bridgehead atoms. The molecule has 6 nitrogen and oxygen atoms in total. The summed E-state index contributed by atoms with van der Waals surface area (Å²) in [7, 11) is 0. The molecule has 0 aromatic heterocycles. The normalized spacial score (nSPS) is 24.6. The second-order valence-corrected chi connectivity index (χ2v) is 5.59. The van der Waals surface area contributed by atoms with Gasteiger partial charge in [-0.2, -0.15) is 0 Å². The molecule has 2 saturated heterocycles. The summed E-state index contributed by atoms with van der Waals surface area (Å²) >= 11 is 0. The number of ether oxygens (including phenoxy) is 2. The van der Waals surface area contributed by atoms with E-state index >= 15 is 0 Å². The summed E-state index contributed by atoms with van der Waals surface area (Å²) in [5.74, 6) is 0.117. The van der Waals surface area contributed by atoms with Gasteiger partial charge in [0.2, 0.25) is 0 Å². The average molecular weight is 314 g/mol. The molecule has 6 heteroatoms. The fraction of sp³-hybridized carbons (Fsp3) is 0.875. The number of piperidine rings is 2. The van der Waals surface area contributed by atoms with E-state index in [0.717, 1.165) is 51.9 Å².